The lowest BCUT2D eigenvalue weighted by Gasteiger charge is -2.40. The number of nitrogens with two attached hydrogens (primary N) is 1. The average molecular weight is 476 g/mol. The molecule has 1 amide bonds. The van der Waals surface area contributed by atoms with Gasteiger partial charge in [-0.2, -0.15) is 0 Å². The second-order valence-electron chi connectivity index (χ2n) is 8.64. The number of halogens is 1. The summed E-state index contributed by atoms with van der Waals surface area (Å²) in [5, 5.41) is 3.78. The molecule has 5 rings (SSSR count). The van der Waals surface area contributed by atoms with E-state index in [2.05, 4.69) is 33.1 Å². The molecule has 1 aromatic heterocycles. The fourth-order valence-corrected chi connectivity index (χ4v) is 4.78. The number of anilines is 1. The summed E-state index contributed by atoms with van der Waals surface area (Å²) in [5.41, 5.74) is 8.89. The normalized spacial score (nSPS) is 17.1. The number of ether oxygens (including phenoxy) is 1. The van der Waals surface area contributed by atoms with Crippen LogP contribution in [0.1, 0.15) is 11.1 Å². The van der Waals surface area contributed by atoms with Gasteiger partial charge in [0.25, 0.3) is 0 Å². The maximum absolute atomic E-state index is 13.4. The Kier molecular flexibility index (Phi) is 6.32. The van der Waals surface area contributed by atoms with Gasteiger partial charge < -0.3 is 15.4 Å². The summed E-state index contributed by atoms with van der Waals surface area (Å²) >= 11 is 6.12. The average Bonchev–Trinajstić information content (AvgIpc) is 2.83. The van der Waals surface area contributed by atoms with Gasteiger partial charge in [-0.05, 0) is 52.2 Å². The second kappa shape index (κ2) is 9.54. The Labute approximate surface area is 203 Å². The molecule has 0 saturated carbocycles. The zero-order chi connectivity index (χ0) is 23.7. The molecule has 0 radical (unpaired) electrons. The van der Waals surface area contributed by atoms with E-state index in [0.29, 0.717) is 32.1 Å². The summed E-state index contributed by atoms with van der Waals surface area (Å²) in [5.74, 6) is 0.529. The van der Waals surface area contributed by atoms with Crippen LogP contribution in [0.25, 0.3) is 21.7 Å². The highest BCUT2D eigenvalue weighted by atomic mass is 35.5. The van der Waals surface area contributed by atoms with E-state index in [1.807, 2.05) is 41.3 Å². The van der Waals surface area contributed by atoms with Crippen LogP contribution in [0.5, 0.6) is 0 Å². The van der Waals surface area contributed by atoms with Crippen molar-refractivity contribution < 1.29 is 9.53 Å². The number of aromatic nitrogens is 2. The van der Waals surface area contributed by atoms with E-state index in [4.69, 9.17) is 22.1 Å². The Morgan fingerprint density at radius 3 is 2.62 bits per heavy atom. The van der Waals surface area contributed by atoms with Crippen LogP contribution >= 0.6 is 11.6 Å². The Morgan fingerprint density at radius 1 is 1.00 bits per heavy atom. The van der Waals surface area contributed by atoms with Crippen molar-refractivity contribution in [3.8, 4) is 0 Å². The molecule has 1 saturated heterocycles. The molecule has 0 unspecified atom stereocenters. The molecule has 174 valence electrons. The third-order valence-corrected chi connectivity index (χ3v) is 6.61. The molecule has 1 fully saturated rings. The Balaban J connectivity index is 1.33. The zero-order valence-corrected chi connectivity index (χ0v) is 19.7. The molecule has 1 aliphatic heterocycles. The van der Waals surface area contributed by atoms with Gasteiger partial charge in [0.2, 0.25) is 5.91 Å². The fourth-order valence-electron chi connectivity index (χ4n) is 4.60. The molecule has 0 bridgehead atoms. The zero-order valence-electron chi connectivity index (χ0n) is 18.9. The summed E-state index contributed by atoms with van der Waals surface area (Å²) in [7, 11) is 1.64. The smallest absolute Gasteiger partial charge is 0.242 e. The van der Waals surface area contributed by atoms with Crippen LogP contribution in [0.3, 0.4) is 0 Å². The maximum Gasteiger partial charge on any atom is 0.242 e. The predicted molar refractivity (Wildman–Crippen MR) is 134 cm³/mol. The number of hydrogen-bond acceptors (Lipinski definition) is 6. The lowest BCUT2D eigenvalue weighted by molar-refractivity contribution is -0.145. The van der Waals surface area contributed by atoms with Crippen molar-refractivity contribution in [3.05, 3.63) is 77.1 Å². The van der Waals surface area contributed by atoms with Crippen molar-refractivity contribution in [3.63, 3.8) is 0 Å². The topological polar surface area (TPSA) is 84.6 Å². The number of nitrogen functional groups attached to an aromatic ring is 1. The van der Waals surface area contributed by atoms with E-state index in [1.165, 1.54) is 6.33 Å². The fraction of sp³-hybridized carbons (Fsp3) is 0.269. The summed E-state index contributed by atoms with van der Waals surface area (Å²) in [6.07, 6.45) is 1.46. The van der Waals surface area contributed by atoms with E-state index in [9.17, 15) is 4.79 Å². The highest BCUT2D eigenvalue weighted by Crippen LogP contribution is 2.24. The van der Waals surface area contributed by atoms with E-state index >= 15 is 0 Å². The quantitative estimate of drug-likeness (QED) is 0.455. The first-order valence-corrected chi connectivity index (χ1v) is 11.6. The lowest BCUT2D eigenvalue weighted by Crippen LogP contribution is -2.57. The van der Waals surface area contributed by atoms with Crippen LogP contribution in [0.4, 0.5) is 5.82 Å². The molecule has 2 heterocycles. The Hall–Kier alpha value is -3.26. The van der Waals surface area contributed by atoms with E-state index < -0.39 is 0 Å². The minimum absolute atomic E-state index is 0.0722. The number of benzene rings is 3. The molecule has 3 aromatic carbocycles. The van der Waals surface area contributed by atoms with Crippen LogP contribution in [-0.2, 0) is 22.6 Å². The molecule has 0 aliphatic carbocycles. The third-order valence-electron chi connectivity index (χ3n) is 6.38. The number of hydrogen-bond donors (Lipinski definition) is 1. The van der Waals surface area contributed by atoms with Gasteiger partial charge in [0, 0.05) is 43.7 Å². The van der Waals surface area contributed by atoms with Gasteiger partial charge in [-0.1, -0.05) is 35.9 Å². The van der Waals surface area contributed by atoms with Gasteiger partial charge in [0.15, 0.2) is 0 Å². The maximum atomic E-state index is 13.4. The van der Waals surface area contributed by atoms with Crippen molar-refractivity contribution in [1.82, 2.24) is 19.8 Å². The van der Waals surface area contributed by atoms with E-state index in [1.54, 1.807) is 7.11 Å². The first kappa shape index (κ1) is 22.5. The van der Waals surface area contributed by atoms with E-state index in [0.717, 1.165) is 44.4 Å². The summed E-state index contributed by atoms with van der Waals surface area (Å²) in [4.78, 5) is 25.9. The number of methoxy groups -OCH3 is 1. The van der Waals surface area contributed by atoms with Crippen molar-refractivity contribution in [2.24, 2.45) is 0 Å². The van der Waals surface area contributed by atoms with Crippen LogP contribution in [0, 0.1) is 0 Å². The van der Waals surface area contributed by atoms with Crippen molar-refractivity contribution in [1.29, 1.82) is 0 Å². The molecule has 34 heavy (non-hydrogen) atoms. The first-order valence-electron chi connectivity index (χ1n) is 11.2. The van der Waals surface area contributed by atoms with Crippen LogP contribution in [-0.4, -0.2) is 58.5 Å². The van der Waals surface area contributed by atoms with Crippen molar-refractivity contribution in [2.75, 3.05) is 32.5 Å². The first-order chi connectivity index (χ1) is 16.5. The van der Waals surface area contributed by atoms with Gasteiger partial charge in [-0.15, -0.1) is 0 Å². The number of carbonyl (C=O) groups is 1. The van der Waals surface area contributed by atoms with Crippen LogP contribution < -0.4 is 5.73 Å². The molecular formula is C26H26ClN5O2. The number of rotatable bonds is 6. The number of carbonyl (C=O) groups excluding carboxylic acids is 1. The number of piperazine rings is 1. The van der Waals surface area contributed by atoms with Gasteiger partial charge in [-0.3, -0.25) is 9.69 Å². The third kappa shape index (κ3) is 4.55. The van der Waals surface area contributed by atoms with Crippen LogP contribution in [0.2, 0.25) is 5.02 Å². The SMILES string of the molecule is COC[C@H]1C(=O)N(Cc2ccc3c(N)ncnc3c2)CCN1Cc1ccc2cc(Cl)ccc2c1. The highest BCUT2D eigenvalue weighted by Gasteiger charge is 2.34. The molecule has 1 atom stereocenters. The number of fused-ring (bicyclic) bond motifs is 2. The van der Waals surface area contributed by atoms with Gasteiger partial charge >= 0.3 is 0 Å². The predicted octanol–water partition coefficient (Wildman–Crippen LogP) is 3.88. The number of nitrogens with zero attached hydrogens (tertiary/aromatic N) is 4. The molecule has 2 N–H and O–H groups in total. The van der Waals surface area contributed by atoms with Crippen molar-refractivity contribution in [2.45, 2.75) is 19.1 Å². The Bertz CT molecular complexity index is 1360. The second-order valence-corrected chi connectivity index (χ2v) is 9.07. The summed E-state index contributed by atoms with van der Waals surface area (Å²) in [6.45, 7) is 2.95. The molecule has 1 aliphatic rings. The minimum atomic E-state index is -0.335. The Morgan fingerprint density at radius 2 is 1.76 bits per heavy atom. The molecule has 4 aromatic rings. The molecule has 7 nitrogen and oxygen atoms in total. The number of amides is 1. The minimum Gasteiger partial charge on any atom is -0.383 e. The molecular weight excluding hydrogens is 450 g/mol. The lowest BCUT2D eigenvalue weighted by atomic mass is 10.0. The van der Waals surface area contributed by atoms with Crippen LogP contribution in [0.15, 0.2) is 60.9 Å². The summed E-state index contributed by atoms with van der Waals surface area (Å²) in [6, 6.07) is 17.8. The summed E-state index contributed by atoms with van der Waals surface area (Å²) < 4.78 is 5.44. The largest absolute Gasteiger partial charge is 0.383 e. The van der Waals surface area contributed by atoms with Gasteiger partial charge in [0.05, 0.1) is 12.1 Å². The van der Waals surface area contributed by atoms with Gasteiger partial charge in [-0.25, -0.2) is 9.97 Å². The molecule has 0 spiro atoms. The van der Waals surface area contributed by atoms with E-state index in [-0.39, 0.29) is 11.9 Å². The van der Waals surface area contributed by atoms with Crippen molar-refractivity contribution >= 4 is 45.0 Å². The van der Waals surface area contributed by atoms with Gasteiger partial charge in [0.1, 0.15) is 18.2 Å². The molecule has 8 heteroatoms. The standard InChI is InChI=1S/C26H26ClN5O2/c1-34-15-24-26(33)32(14-18-3-7-22-23(11-18)29-16-30-25(22)28)9-8-31(24)13-17-2-4-20-12-21(27)6-5-19(20)10-17/h2-7,10-12,16,24H,8-9,13-15H2,1H3,(H2,28,29,30)/t24-/m0/s1. The monoisotopic (exact) mass is 475 g/mol. The highest BCUT2D eigenvalue weighted by molar-refractivity contribution is 6.31.